The van der Waals surface area contributed by atoms with Gasteiger partial charge in [-0.05, 0) is 48.3 Å². The highest BCUT2D eigenvalue weighted by molar-refractivity contribution is 5.83. The molecule has 3 heteroatoms. The number of fused-ring (bicyclic) bond motifs is 5. The fourth-order valence-electron chi connectivity index (χ4n) is 4.17. The van der Waals surface area contributed by atoms with Crippen LogP contribution in [0.1, 0.15) is 40.0 Å². The molecule has 1 amide bonds. The van der Waals surface area contributed by atoms with Gasteiger partial charge in [-0.1, -0.05) is 20.8 Å². The molecular weight excluding hydrogens is 212 g/mol. The van der Waals surface area contributed by atoms with E-state index in [9.17, 15) is 4.79 Å². The summed E-state index contributed by atoms with van der Waals surface area (Å²) in [6.07, 6.45) is 4.21. The third-order valence-corrected chi connectivity index (χ3v) is 5.26. The molecule has 5 atom stereocenters. The Balaban J connectivity index is 1.58. The number of hydrogen-bond acceptors (Lipinski definition) is 2. The van der Waals surface area contributed by atoms with Gasteiger partial charge in [0, 0.05) is 6.04 Å². The Morgan fingerprint density at radius 3 is 2.24 bits per heavy atom. The van der Waals surface area contributed by atoms with E-state index in [1.54, 1.807) is 0 Å². The molecule has 0 spiro atoms. The minimum Gasteiger partial charge on any atom is -0.351 e. The maximum absolute atomic E-state index is 12.1. The van der Waals surface area contributed by atoms with Crippen molar-refractivity contribution in [2.24, 2.45) is 34.8 Å². The number of nitrogens with two attached hydrogens (primary N) is 1. The van der Waals surface area contributed by atoms with Crippen LogP contribution in [0.5, 0.6) is 0 Å². The Labute approximate surface area is 104 Å². The third kappa shape index (κ3) is 1.70. The van der Waals surface area contributed by atoms with E-state index in [1.807, 2.05) is 20.8 Å². The normalized spacial score (nSPS) is 44.4. The first-order valence-electron chi connectivity index (χ1n) is 6.95. The molecule has 3 aliphatic rings. The summed E-state index contributed by atoms with van der Waals surface area (Å²) in [7, 11) is 0. The highest BCUT2D eigenvalue weighted by Gasteiger charge is 2.65. The minimum absolute atomic E-state index is 0.0521. The van der Waals surface area contributed by atoms with Gasteiger partial charge in [0.1, 0.15) is 0 Å². The smallest absolute Gasteiger partial charge is 0.237 e. The molecule has 0 radical (unpaired) electrons. The van der Waals surface area contributed by atoms with Gasteiger partial charge >= 0.3 is 0 Å². The summed E-state index contributed by atoms with van der Waals surface area (Å²) in [6.45, 7) is 6.07. The van der Waals surface area contributed by atoms with E-state index in [2.05, 4.69) is 5.32 Å². The lowest BCUT2D eigenvalue weighted by Gasteiger charge is -2.26. The van der Waals surface area contributed by atoms with E-state index in [1.165, 1.54) is 19.3 Å². The predicted octanol–water partition coefficient (Wildman–Crippen LogP) is 1.52. The van der Waals surface area contributed by atoms with E-state index in [4.69, 9.17) is 5.73 Å². The van der Waals surface area contributed by atoms with Gasteiger partial charge in [0.15, 0.2) is 0 Å². The number of carbonyl (C=O) groups excluding carboxylic acids is 1. The number of nitrogens with one attached hydrogen (secondary N) is 1. The highest BCUT2D eigenvalue weighted by atomic mass is 16.2. The molecule has 0 saturated heterocycles. The van der Waals surface area contributed by atoms with Crippen LogP contribution in [0.25, 0.3) is 0 Å². The van der Waals surface area contributed by atoms with Crippen molar-refractivity contribution in [2.45, 2.75) is 52.1 Å². The van der Waals surface area contributed by atoms with Crippen LogP contribution in [0.2, 0.25) is 0 Å². The van der Waals surface area contributed by atoms with Crippen molar-refractivity contribution in [3.8, 4) is 0 Å². The quantitative estimate of drug-likeness (QED) is 0.764. The van der Waals surface area contributed by atoms with E-state index in [0.717, 1.165) is 23.7 Å². The lowest BCUT2D eigenvalue weighted by atomic mass is 9.87. The Hall–Kier alpha value is -0.570. The van der Waals surface area contributed by atoms with Crippen LogP contribution in [0.15, 0.2) is 0 Å². The summed E-state index contributed by atoms with van der Waals surface area (Å²) < 4.78 is 0. The van der Waals surface area contributed by atoms with E-state index in [-0.39, 0.29) is 17.4 Å². The van der Waals surface area contributed by atoms with E-state index < -0.39 is 0 Å². The van der Waals surface area contributed by atoms with Crippen molar-refractivity contribution in [3.05, 3.63) is 0 Å². The Morgan fingerprint density at radius 1 is 1.24 bits per heavy atom. The van der Waals surface area contributed by atoms with Crippen molar-refractivity contribution >= 4 is 5.91 Å². The third-order valence-electron chi connectivity index (χ3n) is 5.26. The topological polar surface area (TPSA) is 55.1 Å². The summed E-state index contributed by atoms with van der Waals surface area (Å²) >= 11 is 0. The van der Waals surface area contributed by atoms with Crippen LogP contribution < -0.4 is 11.1 Å². The number of carbonyl (C=O) groups is 1. The summed E-state index contributed by atoms with van der Waals surface area (Å²) in [6, 6.07) is 0.0728. The van der Waals surface area contributed by atoms with Crippen LogP contribution in [0.4, 0.5) is 0 Å². The molecule has 3 nitrogen and oxygen atoms in total. The summed E-state index contributed by atoms with van der Waals surface area (Å²) in [5.41, 5.74) is 5.85. The van der Waals surface area contributed by atoms with Gasteiger partial charge in [-0.25, -0.2) is 0 Å². The van der Waals surface area contributed by atoms with Gasteiger partial charge in [-0.15, -0.1) is 0 Å². The van der Waals surface area contributed by atoms with Gasteiger partial charge < -0.3 is 11.1 Å². The fourth-order valence-corrected chi connectivity index (χ4v) is 4.17. The molecular formula is C14H24N2O. The second-order valence-electron chi connectivity index (χ2n) is 7.37. The average molecular weight is 236 g/mol. The van der Waals surface area contributed by atoms with Crippen LogP contribution in [0, 0.1) is 29.1 Å². The standard InChI is InChI=1S/C14H24N2O/c1-14(2,3)12(15)13(17)16-11-9-7-4-5-8(6-7)10(9)11/h7-12H,4-6,15H2,1-3H3,(H,16,17)/t7?,8?,9?,10?,11?,12-/m0/s1. The van der Waals surface area contributed by atoms with Gasteiger partial charge in [-0.2, -0.15) is 0 Å². The molecule has 3 rings (SSSR count). The van der Waals surface area contributed by atoms with Crippen molar-refractivity contribution in [3.63, 3.8) is 0 Å². The molecule has 0 aromatic rings. The van der Waals surface area contributed by atoms with Gasteiger partial charge in [0.05, 0.1) is 6.04 Å². The molecule has 96 valence electrons. The zero-order valence-corrected chi connectivity index (χ0v) is 11.1. The molecule has 2 bridgehead atoms. The molecule has 3 saturated carbocycles. The van der Waals surface area contributed by atoms with Gasteiger partial charge in [-0.3, -0.25) is 4.79 Å². The maximum atomic E-state index is 12.1. The fraction of sp³-hybridized carbons (Fsp3) is 0.929. The molecule has 3 aliphatic carbocycles. The molecule has 3 fully saturated rings. The van der Waals surface area contributed by atoms with E-state index >= 15 is 0 Å². The number of rotatable bonds is 2. The van der Waals surface area contributed by atoms with Crippen LogP contribution in [-0.4, -0.2) is 18.0 Å². The first-order valence-corrected chi connectivity index (χ1v) is 6.95. The Morgan fingerprint density at radius 2 is 1.76 bits per heavy atom. The minimum atomic E-state index is -0.388. The first-order chi connectivity index (χ1) is 7.89. The van der Waals surface area contributed by atoms with Gasteiger partial charge in [0.25, 0.3) is 0 Å². The van der Waals surface area contributed by atoms with Crippen LogP contribution >= 0.6 is 0 Å². The lowest BCUT2D eigenvalue weighted by molar-refractivity contribution is -0.124. The van der Waals surface area contributed by atoms with Crippen LogP contribution in [-0.2, 0) is 4.79 Å². The average Bonchev–Trinajstić information content (AvgIpc) is 2.67. The molecule has 0 heterocycles. The maximum Gasteiger partial charge on any atom is 0.237 e. The van der Waals surface area contributed by atoms with Crippen molar-refractivity contribution < 1.29 is 4.79 Å². The highest BCUT2D eigenvalue weighted by Crippen LogP contribution is 2.65. The molecule has 0 aliphatic heterocycles. The zero-order chi connectivity index (χ0) is 12.4. The number of hydrogen-bond donors (Lipinski definition) is 2. The molecule has 0 aromatic heterocycles. The second-order valence-corrected chi connectivity index (χ2v) is 7.37. The molecule has 17 heavy (non-hydrogen) atoms. The van der Waals surface area contributed by atoms with Crippen molar-refractivity contribution in [2.75, 3.05) is 0 Å². The summed E-state index contributed by atoms with van der Waals surface area (Å²) in [4.78, 5) is 12.1. The molecule has 0 aromatic carbocycles. The second kappa shape index (κ2) is 3.47. The molecule has 4 unspecified atom stereocenters. The predicted molar refractivity (Wildman–Crippen MR) is 67.2 cm³/mol. The molecule has 3 N–H and O–H groups in total. The number of amides is 1. The summed E-state index contributed by atoms with van der Waals surface area (Å²) in [5, 5.41) is 3.20. The van der Waals surface area contributed by atoms with Crippen molar-refractivity contribution in [1.29, 1.82) is 0 Å². The Kier molecular flexibility index (Phi) is 2.35. The zero-order valence-electron chi connectivity index (χ0n) is 11.1. The summed E-state index contributed by atoms with van der Waals surface area (Å²) in [5.74, 6) is 3.45. The lowest BCUT2D eigenvalue weighted by Crippen LogP contribution is -2.49. The Bertz CT molecular complexity index is 331. The SMILES string of the molecule is CC(C)(C)[C@@H](N)C(=O)NC1C2C3CCC(C3)C12. The monoisotopic (exact) mass is 236 g/mol. The largest absolute Gasteiger partial charge is 0.351 e. The van der Waals surface area contributed by atoms with Crippen LogP contribution in [0.3, 0.4) is 0 Å². The van der Waals surface area contributed by atoms with Gasteiger partial charge in [0.2, 0.25) is 5.91 Å². The first kappa shape index (κ1) is 11.5. The van der Waals surface area contributed by atoms with E-state index in [0.29, 0.717) is 6.04 Å². The van der Waals surface area contributed by atoms with Crippen molar-refractivity contribution in [1.82, 2.24) is 5.32 Å².